The maximum absolute atomic E-state index is 12.9. The summed E-state index contributed by atoms with van der Waals surface area (Å²) in [7, 11) is -3.45. The molecule has 0 radical (unpaired) electrons. The SMILES string of the molecule is CC1(C)CNCCN1S(=O)(=O)c1ccc2c(c1)CCO2. The number of hydrogen-bond donors (Lipinski definition) is 1. The van der Waals surface area contributed by atoms with Crippen LogP contribution in [0.3, 0.4) is 0 Å². The van der Waals surface area contributed by atoms with Crippen LogP contribution in [-0.2, 0) is 16.4 Å². The van der Waals surface area contributed by atoms with Crippen LogP contribution in [0.4, 0.5) is 0 Å². The van der Waals surface area contributed by atoms with E-state index in [1.165, 1.54) is 0 Å². The van der Waals surface area contributed by atoms with Crippen molar-refractivity contribution < 1.29 is 13.2 Å². The molecule has 0 aromatic heterocycles. The largest absolute Gasteiger partial charge is 0.493 e. The highest BCUT2D eigenvalue weighted by atomic mass is 32.2. The van der Waals surface area contributed by atoms with E-state index >= 15 is 0 Å². The number of sulfonamides is 1. The number of benzene rings is 1. The molecule has 1 fully saturated rings. The lowest BCUT2D eigenvalue weighted by Gasteiger charge is -2.41. The highest BCUT2D eigenvalue weighted by molar-refractivity contribution is 7.89. The molecule has 3 rings (SSSR count). The first kappa shape index (κ1) is 13.9. The monoisotopic (exact) mass is 296 g/mol. The van der Waals surface area contributed by atoms with Gasteiger partial charge in [0.15, 0.2) is 0 Å². The average Bonchev–Trinajstić information content (AvgIpc) is 2.84. The predicted molar refractivity (Wildman–Crippen MR) is 76.5 cm³/mol. The van der Waals surface area contributed by atoms with Crippen molar-refractivity contribution in [2.45, 2.75) is 30.7 Å². The molecular weight excluding hydrogens is 276 g/mol. The van der Waals surface area contributed by atoms with E-state index in [1.54, 1.807) is 22.5 Å². The minimum atomic E-state index is -3.45. The van der Waals surface area contributed by atoms with Gasteiger partial charge in [0.1, 0.15) is 5.75 Å². The quantitative estimate of drug-likeness (QED) is 0.884. The van der Waals surface area contributed by atoms with Gasteiger partial charge in [-0.2, -0.15) is 4.31 Å². The first-order valence-corrected chi connectivity index (χ1v) is 8.34. The number of hydrogen-bond acceptors (Lipinski definition) is 4. The summed E-state index contributed by atoms with van der Waals surface area (Å²) in [6.45, 7) is 6.40. The van der Waals surface area contributed by atoms with Gasteiger partial charge in [-0.15, -0.1) is 0 Å². The van der Waals surface area contributed by atoms with Gasteiger partial charge < -0.3 is 10.1 Å². The molecule has 6 heteroatoms. The van der Waals surface area contributed by atoms with Crippen molar-refractivity contribution in [2.24, 2.45) is 0 Å². The molecule has 20 heavy (non-hydrogen) atoms. The molecule has 1 aromatic rings. The van der Waals surface area contributed by atoms with Crippen molar-refractivity contribution >= 4 is 10.0 Å². The molecule has 0 aliphatic carbocycles. The van der Waals surface area contributed by atoms with Gasteiger partial charge in [-0.25, -0.2) is 8.42 Å². The van der Waals surface area contributed by atoms with E-state index in [4.69, 9.17) is 4.74 Å². The van der Waals surface area contributed by atoms with Crippen LogP contribution in [0.5, 0.6) is 5.75 Å². The molecule has 1 aromatic carbocycles. The highest BCUT2D eigenvalue weighted by Crippen LogP contribution is 2.31. The number of rotatable bonds is 2. The lowest BCUT2D eigenvalue weighted by Crippen LogP contribution is -2.59. The molecule has 0 bridgehead atoms. The normalized spacial score (nSPS) is 22.3. The van der Waals surface area contributed by atoms with Crippen molar-refractivity contribution in [3.8, 4) is 5.75 Å². The van der Waals surface area contributed by atoms with Crippen LogP contribution in [0.2, 0.25) is 0 Å². The van der Waals surface area contributed by atoms with Crippen molar-refractivity contribution in [3.05, 3.63) is 23.8 Å². The number of nitrogens with one attached hydrogen (secondary N) is 1. The lowest BCUT2D eigenvalue weighted by molar-refractivity contribution is 0.186. The summed E-state index contributed by atoms with van der Waals surface area (Å²) >= 11 is 0. The number of piperazine rings is 1. The van der Waals surface area contributed by atoms with Crippen LogP contribution in [-0.4, -0.2) is 44.5 Å². The fourth-order valence-corrected chi connectivity index (χ4v) is 4.69. The van der Waals surface area contributed by atoms with Gasteiger partial charge in [-0.3, -0.25) is 0 Å². The first-order valence-electron chi connectivity index (χ1n) is 6.90. The van der Waals surface area contributed by atoms with E-state index in [1.807, 2.05) is 13.8 Å². The maximum atomic E-state index is 12.9. The van der Waals surface area contributed by atoms with Crippen LogP contribution in [0.25, 0.3) is 0 Å². The number of ether oxygens (including phenoxy) is 1. The second kappa shape index (κ2) is 4.72. The Bertz CT molecular complexity index is 625. The van der Waals surface area contributed by atoms with Gasteiger partial charge in [0.25, 0.3) is 0 Å². The summed E-state index contributed by atoms with van der Waals surface area (Å²) < 4.78 is 32.8. The van der Waals surface area contributed by atoms with Gasteiger partial charge in [-0.05, 0) is 37.6 Å². The van der Waals surface area contributed by atoms with E-state index in [9.17, 15) is 8.42 Å². The molecule has 2 aliphatic rings. The molecule has 2 heterocycles. The lowest BCUT2D eigenvalue weighted by atomic mass is 10.0. The molecule has 0 unspecified atom stereocenters. The Morgan fingerprint density at radius 1 is 1.35 bits per heavy atom. The van der Waals surface area contributed by atoms with E-state index in [0.29, 0.717) is 31.1 Å². The molecule has 2 aliphatic heterocycles. The molecule has 0 atom stereocenters. The Morgan fingerprint density at radius 3 is 2.90 bits per heavy atom. The minimum Gasteiger partial charge on any atom is -0.493 e. The zero-order valence-corrected chi connectivity index (χ0v) is 12.7. The smallest absolute Gasteiger partial charge is 0.243 e. The molecule has 0 spiro atoms. The second-order valence-corrected chi connectivity index (χ2v) is 7.80. The Morgan fingerprint density at radius 2 is 2.15 bits per heavy atom. The van der Waals surface area contributed by atoms with E-state index in [-0.39, 0.29) is 0 Å². The number of nitrogens with zero attached hydrogens (tertiary/aromatic N) is 1. The van der Waals surface area contributed by atoms with E-state index in [0.717, 1.165) is 17.7 Å². The molecule has 0 amide bonds. The third kappa shape index (κ3) is 2.21. The fraction of sp³-hybridized carbons (Fsp3) is 0.571. The van der Waals surface area contributed by atoms with Crippen molar-refractivity contribution in [3.63, 3.8) is 0 Å². The minimum absolute atomic E-state index is 0.372. The highest BCUT2D eigenvalue weighted by Gasteiger charge is 2.39. The molecule has 110 valence electrons. The molecular formula is C14H20N2O3S. The second-order valence-electron chi connectivity index (χ2n) is 5.93. The van der Waals surface area contributed by atoms with Crippen molar-refractivity contribution in [1.82, 2.24) is 9.62 Å². The average molecular weight is 296 g/mol. The topological polar surface area (TPSA) is 58.6 Å². The van der Waals surface area contributed by atoms with Gasteiger partial charge >= 0.3 is 0 Å². The number of fused-ring (bicyclic) bond motifs is 1. The Hall–Kier alpha value is -1.11. The van der Waals surface area contributed by atoms with Crippen LogP contribution in [0.15, 0.2) is 23.1 Å². The zero-order valence-electron chi connectivity index (χ0n) is 11.8. The summed E-state index contributed by atoms with van der Waals surface area (Å²) in [6.07, 6.45) is 0.781. The summed E-state index contributed by atoms with van der Waals surface area (Å²) in [4.78, 5) is 0.372. The maximum Gasteiger partial charge on any atom is 0.243 e. The Kier molecular flexibility index (Phi) is 3.27. The van der Waals surface area contributed by atoms with Crippen molar-refractivity contribution in [1.29, 1.82) is 0 Å². The molecule has 1 N–H and O–H groups in total. The van der Waals surface area contributed by atoms with E-state index < -0.39 is 15.6 Å². The summed E-state index contributed by atoms with van der Waals surface area (Å²) in [5.74, 6) is 0.809. The van der Waals surface area contributed by atoms with Gasteiger partial charge in [0, 0.05) is 31.6 Å². The van der Waals surface area contributed by atoms with Crippen LogP contribution in [0, 0.1) is 0 Å². The standard InChI is InChI=1S/C14H20N2O3S/c1-14(2)10-15-6-7-16(14)20(17,18)12-3-4-13-11(9-12)5-8-19-13/h3-4,9,15H,5-8,10H2,1-2H3. The molecule has 0 saturated carbocycles. The van der Waals surface area contributed by atoms with Crippen LogP contribution >= 0.6 is 0 Å². The first-order chi connectivity index (χ1) is 9.41. The summed E-state index contributed by atoms with van der Waals surface area (Å²) in [6, 6.07) is 5.18. The fourth-order valence-electron chi connectivity index (χ4n) is 2.86. The third-order valence-corrected chi connectivity index (χ3v) is 6.08. The Labute approximate surface area is 120 Å². The third-order valence-electron chi connectivity index (χ3n) is 3.97. The molecule has 5 nitrogen and oxygen atoms in total. The van der Waals surface area contributed by atoms with E-state index in [2.05, 4.69) is 5.32 Å². The van der Waals surface area contributed by atoms with Crippen LogP contribution in [0.1, 0.15) is 19.4 Å². The molecule has 1 saturated heterocycles. The zero-order chi connectivity index (χ0) is 14.4. The predicted octanol–water partition coefficient (Wildman–Crippen LogP) is 0.994. The van der Waals surface area contributed by atoms with Gasteiger partial charge in [0.05, 0.1) is 11.5 Å². The van der Waals surface area contributed by atoms with Gasteiger partial charge in [-0.1, -0.05) is 0 Å². The van der Waals surface area contributed by atoms with Crippen molar-refractivity contribution in [2.75, 3.05) is 26.2 Å². The van der Waals surface area contributed by atoms with Crippen LogP contribution < -0.4 is 10.1 Å². The Balaban J connectivity index is 1.99. The summed E-state index contributed by atoms with van der Waals surface area (Å²) in [5.41, 5.74) is 0.575. The van der Waals surface area contributed by atoms with Gasteiger partial charge in [0.2, 0.25) is 10.0 Å². The summed E-state index contributed by atoms with van der Waals surface area (Å²) in [5, 5.41) is 3.24.